The van der Waals surface area contributed by atoms with Gasteiger partial charge in [-0.15, -0.1) is 0 Å². The van der Waals surface area contributed by atoms with E-state index >= 15 is 0 Å². The Balaban J connectivity index is 1.53. The zero-order valence-corrected chi connectivity index (χ0v) is 21.3. The average molecular weight is 508 g/mol. The standard InChI is InChI=1S/C26H30FN7O3/c1-15-12-34(13-16(2)29-15)22-6-5-19(24-20(22)11-28-26(31-24)37-8-7-36-4)25(35)30-18-9-17-14-33(3)32-23(17)21(27)10-18/h5-6,9-11,14-16,29H,7-8,12-13H2,1-4H3,(H,30,35)/t15-,16-/m0/s1. The minimum Gasteiger partial charge on any atom is -0.461 e. The number of carbonyl (C=O) groups is 1. The maximum Gasteiger partial charge on any atom is 0.317 e. The summed E-state index contributed by atoms with van der Waals surface area (Å²) in [5, 5.41) is 11.8. The van der Waals surface area contributed by atoms with Gasteiger partial charge in [0.25, 0.3) is 5.91 Å². The molecule has 0 aliphatic carbocycles. The molecule has 1 amide bonds. The van der Waals surface area contributed by atoms with E-state index in [9.17, 15) is 9.18 Å². The third-order valence-corrected chi connectivity index (χ3v) is 6.30. The monoisotopic (exact) mass is 507 g/mol. The number of hydrogen-bond acceptors (Lipinski definition) is 8. The van der Waals surface area contributed by atoms with Crippen molar-refractivity contribution in [3.8, 4) is 6.01 Å². The van der Waals surface area contributed by atoms with Crippen LogP contribution in [0.3, 0.4) is 0 Å². The molecule has 2 N–H and O–H groups in total. The van der Waals surface area contributed by atoms with Gasteiger partial charge in [-0.25, -0.2) is 9.37 Å². The predicted molar refractivity (Wildman–Crippen MR) is 140 cm³/mol. The Hall–Kier alpha value is -3.83. The smallest absolute Gasteiger partial charge is 0.317 e. The maximum absolute atomic E-state index is 14.6. The molecule has 0 spiro atoms. The van der Waals surface area contributed by atoms with Crippen LogP contribution < -0.4 is 20.3 Å². The molecule has 1 aliphatic heterocycles. The number of rotatable bonds is 7. The summed E-state index contributed by atoms with van der Waals surface area (Å²) in [7, 11) is 3.30. The van der Waals surface area contributed by atoms with Gasteiger partial charge in [-0.1, -0.05) is 0 Å². The van der Waals surface area contributed by atoms with Crippen LogP contribution in [0.4, 0.5) is 15.8 Å². The van der Waals surface area contributed by atoms with Gasteiger partial charge in [-0.05, 0) is 38.1 Å². The van der Waals surface area contributed by atoms with Gasteiger partial charge in [0.1, 0.15) is 12.1 Å². The first-order valence-electron chi connectivity index (χ1n) is 12.2. The fraction of sp³-hybridized carbons (Fsp3) is 0.385. The zero-order chi connectivity index (χ0) is 26.1. The molecule has 11 heteroatoms. The number of benzene rings is 2. The summed E-state index contributed by atoms with van der Waals surface area (Å²) in [4.78, 5) is 24.7. The van der Waals surface area contributed by atoms with Crippen LogP contribution in [0.2, 0.25) is 0 Å². The number of piperazine rings is 1. The number of anilines is 2. The zero-order valence-electron chi connectivity index (χ0n) is 21.3. The molecule has 2 aromatic heterocycles. The van der Waals surface area contributed by atoms with Crippen LogP contribution in [0.5, 0.6) is 6.01 Å². The van der Waals surface area contributed by atoms with Crippen molar-refractivity contribution < 1.29 is 18.7 Å². The highest BCUT2D eigenvalue weighted by Crippen LogP contribution is 2.31. The predicted octanol–water partition coefficient (Wildman–Crippen LogP) is 3.12. The minimum atomic E-state index is -0.508. The summed E-state index contributed by atoms with van der Waals surface area (Å²) in [5.41, 5.74) is 2.31. The van der Waals surface area contributed by atoms with Gasteiger partial charge >= 0.3 is 6.01 Å². The Morgan fingerprint density at radius 2 is 1.97 bits per heavy atom. The lowest BCUT2D eigenvalue weighted by Gasteiger charge is -2.38. The normalized spacial score (nSPS) is 17.9. The first kappa shape index (κ1) is 24.8. The number of ether oxygens (including phenoxy) is 2. The number of carbonyl (C=O) groups excluding carboxylic acids is 1. The van der Waals surface area contributed by atoms with E-state index in [1.54, 1.807) is 38.7 Å². The van der Waals surface area contributed by atoms with E-state index in [0.29, 0.717) is 40.8 Å². The molecule has 2 aromatic carbocycles. The molecule has 4 aromatic rings. The van der Waals surface area contributed by atoms with Gasteiger partial charge < -0.3 is 25.0 Å². The molecule has 5 rings (SSSR count). The molecule has 1 fully saturated rings. The van der Waals surface area contributed by atoms with E-state index in [4.69, 9.17) is 9.47 Å². The second-order valence-corrected chi connectivity index (χ2v) is 9.41. The lowest BCUT2D eigenvalue weighted by molar-refractivity contribution is 0.102. The summed E-state index contributed by atoms with van der Waals surface area (Å²) in [5.74, 6) is -0.922. The summed E-state index contributed by atoms with van der Waals surface area (Å²) in [6.45, 7) is 6.56. The lowest BCUT2D eigenvalue weighted by atomic mass is 10.0. The largest absolute Gasteiger partial charge is 0.461 e. The molecular weight excluding hydrogens is 477 g/mol. The number of hydrogen-bond donors (Lipinski definition) is 2. The molecule has 0 unspecified atom stereocenters. The average Bonchev–Trinajstić information content (AvgIpc) is 3.23. The SMILES string of the molecule is COCCOc1ncc2c(N3C[C@H](C)N[C@@H](C)C3)ccc(C(=O)Nc3cc(F)c4nn(C)cc4c3)c2n1. The van der Waals surface area contributed by atoms with E-state index in [1.807, 2.05) is 6.07 Å². The number of amides is 1. The highest BCUT2D eigenvalue weighted by atomic mass is 19.1. The van der Waals surface area contributed by atoms with Gasteiger partial charge in [-0.2, -0.15) is 10.1 Å². The third-order valence-electron chi connectivity index (χ3n) is 6.30. The van der Waals surface area contributed by atoms with E-state index in [0.717, 1.165) is 24.2 Å². The Labute approximate surface area is 213 Å². The van der Waals surface area contributed by atoms with Crippen LogP contribution >= 0.6 is 0 Å². The molecule has 194 valence electrons. The van der Waals surface area contributed by atoms with Crippen molar-refractivity contribution in [2.24, 2.45) is 7.05 Å². The van der Waals surface area contributed by atoms with Crippen LogP contribution in [-0.4, -0.2) is 71.2 Å². The van der Waals surface area contributed by atoms with Gasteiger partial charge in [0.2, 0.25) is 0 Å². The summed E-state index contributed by atoms with van der Waals surface area (Å²) >= 11 is 0. The molecule has 10 nitrogen and oxygen atoms in total. The molecule has 1 saturated heterocycles. The minimum absolute atomic E-state index is 0.153. The van der Waals surface area contributed by atoms with E-state index < -0.39 is 11.7 Å². The van der Waals surface area contributed by atoms with Crippen LogP contribution in [0.1, 0.15) is 24.2 Å². The van der Waals surface area contributed by atoms with Gasteiger partial charge in [-0.3, -0.25) is 9.48 Å². The van der Waals surface area contributed by atoms with E-state index in [-0.39, 0.29) is 18.1 Å². The quantitative estimate of drug-likeness (QED) is 0.368. The van der Waals surface area contributed by atoms with E-state index in [2.05, 4.69) is 44.4 Å². The summed E-state index contributed by atoms with van der Waals surface area (Å²) in [6, 6.07) is 7.38. The first-order valence-corrected chi connectivity index (χ1v) is 12.2. The molecule has 1 aliphatic rings. The van der Waals surface area contributed by atoms with Crippen molar-refractivity contribution in [3.63, 3.8) is 0 Å². The fourth-order valence-corrected chi connectivity index (χ4v) is 4.84. The molecule has 0 radical (unpaired) electrons. The Morgan fingerprint density at radius 1 is 1.19 bits per heavy atom. The Bertz CT molecular complexity index is 1450. The fourth-order valence-electron chi connectivity index (χ4n) is 4.84. The second kappa shape index (κ2) is 10.3. The van der Waals surface area contributed by atoms with E-state index in [1.165, 1.54) is 10.7 Å². The molecular formula is C26H30FN7O3. The summed E-state index contributed by atoms with van der Waals surface area (Å²) < 4.78 is 26.8. The Morgan fingerprint density at radius 3 is 2.73 bits per heavy atom. The topological polar surface area (TPSA) is 106 Å². The first-order chi connectivity index (χ1) is 17.8. The highest BCUT2D eigenvalue weighted by molar-refractivity contribution is 6.14. The number of methoxy groups -OCH3 is 1. The maximum atomic E-state index is 14.6. The lowest BCUT2D eigenvalue weighted by Crippen LogP contribution is -2.54. The van der Waals surface area contributed by atoms with Crippen LogP contribution in [0.15, 0.2) is 36.7 Å². The second-order valence-electron chi connectivity index (χ2n) is 9.41. The highest BCUT2D eigenvalue weighted by Gasteiger charge is 2.25. The van der Waals surface area contributed by atoms with Crippen LogP contribution in [0, 0.1) is 5.82 Å². The van der Waals surface area contributed by atoms with Crippen molar-refractivity contribution in [3.05, 3.63) is 48.0 Å². The molecule has 37 heavy (non-hydrogen) atoms. The third kappa shape index (κ3) is 5.18. The van der Waals surface area contributed by atoms with Crippen LogP contribution in [0.25, 0.3) is 21.8 Å². The number of halogens is 1. The van der Waals surface area contributed by atoms with Crippen molar-refractivity contribution in [2.75, 3.05) is 43.6 Å². The Kier molecular flexibility index (Phi) is 6.90. The van der Waals surface area contributed by atoms with Crippen molar-refractivity contribution in [1.82, 2.24) is 25.1 Å². The van der Waals surface area contributed by atoms with Gasteiger partial charge in [0.15, 0.2) is 5.82 Å². The number of nitrogens with one attached hydrogen (secondary N) is 2. The summed E-state index contributed by atoms with van der Waals surface area (Å²) in [6.07, 6.45) is 3.39. The number of aromatic nitrogens is 4. The van der Waals surface area contributed by atoms with Gasteiger partial charge in [0, 0.05) is 73.9 Å². The number of nitrogens with zero attached hydrogens (tertiary/aromatic N) is 5. The molecule has 3 heterocycles. The van der Waals surface area contributed by atoms with Crippen LogP contribution in [-0.2, 0) is 11.8 Å². The number of fused-ring (bicyclic) bond motifs is 2. The van der Waals surface area contributed by atoms with Gasteiger partial charge in [0.05, 0.1) is 17.7 Å². The molecule has 0 saturated carbocycles. The van der Waals surface area contributed by atoms with Crippen molar-refractivity contribution >= 4 is 39.1 Å². The van der Waals surface area contributed by atoms with Crippen molar-refractivity contribution in [2.45, 2.75) is 25.9 Å². The van der Waals surface area contributed by atoms with Crippen molar-refractivity contribution in [1.29, 1.82) is 0 Å². The number of aryl methyl sites for hydroxylation is 1. The molecule has 0 bridgehead atoms. The molecule has 2 atom stereocenters.